The molecule has 4 N–H and O–H groups in total. The number of benzene rings is 2. The number of nitrogens with two attached hydrogens (primary N) is 1. The Balaban J connectivity index is 1.57. The summed E-state index contributed by atoms with van der Waals surface area (Å²) in [6.45, 7) is 0.124. The van der Waals surface area contributed by atoms with Crippen LogP contribution in [0.3, 0.4) is 0 Å². The zero-order valence-corrected chi connectivity index (χ0v) is 13.8. The van der Waals surface area contributed by atoms with Crippen molar-refractivity contribution in [3.8, 4) is 0 Å². The fourth-order valence-electron chi connectivity index (χ4n) is 2.76. The zero-order valence-electron chi connectivity index (χ0n) is 13.8. The molecule has 2 aromatic carbocycles. The van der Waals surface area contributed by atoms with E-state index in [4.69, 9.17) is 5.73 Å². The van der Waals surface area contributed by atoms with Crippen molar-refractivity contribution in [1.29, 1.82) is 0 Å². The number of hydrogen-bond acceptors (Lipinski definition) is 2. The molecule has 0 spiro atoms. The van der Waals surface area contributed by atoms with Crippen molar-refractivity contribution in [3.05, 3.63) is 71.4 Å². The molecule has 1 heterocycles. The van der Waals surface area contributed by atoms with Crippen LogP contribution in [0, 0.1) is 0 Å². The second kappa shape index (κ2) is 7.21. The van der Waals surface area contributed by atoms with Gasteiger partial charge in [-0.05, 0) is 35.7 Å². The number of aromatic amines is 1. The predicted octanol–water partition coefficient (Wildman–Crippen LogP) is 3.37. The SMILES string of the molecule is NC(Cc1c[nH]c2ccccc12)C(=O)NCc1ccc(C(F)(F)F)cc1. The number of alkyl halides is 3. The Labute approximate surface area is 148 Å². The predicted molar refractivity (Wildman–Crippen MR) is 93.3 cm³/mol. The van der Waals surface area contributed by atoms with E-state index < -0.39 is 17.8 Å². The maximum atomic E-state index is 12.5. The van der Waals surface area contributed by atoms with Gasteiger partial charge < -0.3 is 16.0 Å². The van der Waals surface area contributed by atoms with Crippen molar-refractivity contribution in [3.63, 3.8) is 0 Å². The summed E-state index contributed by atoms with van der Waals surface area (Å²) in [5.41, 5.74) is 7.74. The van der Waals surface area contributed by atoms with Gasteiger partial charge in [0.2, 0.25) is 5.91 Å². The molecule has 136 valence electrons. The number of amides is 1. The van der Waals surface area contributed by atoms with E-state index in [9.17, 15) is 18.0 Å². The maximum Gasteiger partial charge on any atom is 0.416 e. The number of fused-ring (bicyclic) bond motifs is 1. The van der Waals surface area contributed by atoms with E-state index in [0.29, 0.717) is 12.0 Å². The van der Waals surface area contributed by atoms with Crippen molar-refractivity contribution >= 4 is 16.8 Å². The Hall–Kier alpha value is -2.80. The number of H-pyrrole nitrogens is 1. The molecule has 1 atom stereocenters. The van der Waals surface area contributed by atoms with Crippen LogP contribution in [0.15, 0.2) is 54.7 Å². The van der Waals surface area contributed by atoms with Crippen LogP contribution in [-0.4, -0.2) is 16.9 Å². The summed E-state index contributed by atoms with van der Waals surface area (Å²) in [7, 11) is 0. The van der Waals surface area contributed by atoms with Crippen molar-refractivity contribution < 1.29 is 18.0 Å². The summed E-state index contributed by atoms with van der Waals surface area (Å²) in [6, 6.07) is 11.6. The van der Waals surface area contributed by atoms with Crippen LogP contribution in [0.25, 0.3) is 10.9 Å². The third-order valence-electron chi connectivity index (χ3n) is 4.20. The van der Waals surface area contributed by atoms with Gasteiger partial charge in [0.15, 0.2) is 0 Å². The van der Waals surface area contributed by atoms with Gasteiger partial charge >= 0.3 is 6.18 Å². The first-order valence-corrected chi connectivity index (χ1v) is 8.09. The topological polar surface area (TPSA) is 70.9 Å². The van der Waals surface area contributed by atoms with Crippen LogP contribution in [0.5, 0.6) is 0 Å². The lowest BCUT2D eigenvalue weighted by Crippen LogP contribution is -2.41. The second-order valence-electron chi connectivity index (χ2n) is 6.08. The highest BCUT2D eigenvalue weighted by Gasteiger charge is 2.29. The van der Waals surface area contributed by atoms with Crippen molar-refractivity contribution in [1.82, 2.24) is 10.3 Å². The molecule has 0 fully saturated rings. The van der Waals surface area contributed by atoms with Crippen LogP contribution in [0.4, 0.5) is 13.2 Å². The average Bonchev–Trinajstić information content (AvgIpc) is 3.02. The molecule has 0 saturated heterocycles. The summed E-state index contributed by atoms with van der Waals surface area (Å²) in [5, 5.41) is 3.67. The van der Waals surface area contributed by atoms with Gasteiger partial charge in [-0.2, -0.15) is 13.2 Å². The summed E-state index contributed by atoms with van der Waals surface area (Å²) in [5.74, 6) is -0.352. The minimum Gasteiger partial charge on any atom is -0.361 e. The molecule has 0 aliphatic carbocycles. The summed E-state index contributed by atoms with van der Waals surface area (Å²) < 4.78 is 37.6. The quantitative estimate of drug-likeness (QED) is 0.652. The molecule has 0 bridgehead atoms. The van der Waals surface area contributed by atoms with E-state index in [0.717, 1.165) is 28.6 Å². The number of halogens is 3. The van der Waals surface area contributed by atoms with E-state index in [1.165, 1.54) is 12.1 Å². The first-order chi connectivity index (χ1) is 12.3. The van der Waals surface area contributed by atoms with Crippen LogP contribution in [0.1, 0.15) is 16.7 Å². The number of rotatable bonds is 5. The molecule has 4 nitrogen and oxygen atoms in total. The molecule has 0 aliphatic heterocycles. The lowest BCUT2D eigenvalue weighted by molar-refractivity contribution is -0.137. The number of hydrogen-bond donors (Lipinski definition) is 3. The van der Waals surface area contributed by atoms with Crippen molar-refractivity contribution in [2.24, 2.45) is 5.73 Å². The van der Waals surface area contributed by atoms with E-state index >= 15 is 0 Å². The lowest BCUT2D eigenvalue weighted by Gasteiger charge is -2.13. The van der Waals surface area contributed by atoms with E-state index in [2.05, 4.69) is 10.3 Å². The number of carbonyl (C=O) groups excluding carboxylic acids is 1. The molecule has 3 rings (SSSR count). The summed E-state index contributed by atoms with van der Waals surface area (Å²) in [4.78, 5) is 15.3. The van der Waals surface area contributed by atoms with Crippen LogP contribution < -0.4 is 11.1 Å². The summed E-state index contributed by atoms with van der Waals surface area (Å²) in [6.07, 6.45) is -2.18. The zero-order chi connectivity index (χ0) is 18.7. The molecule has 26 heavy (non-hydrogen) atoms. The third-order valence-corrected chi connectivity index (χ3v) is 4.20. The largest absolute Gasteiger partial charge is 0.416 e. The summed E-state index contributed by atoms with van der Waals surface area (Å²) >= 11 is 0. The fourth-order valence-corrected chi connectivity index (χ4v) is 2.76. The minimum absolute atomic E-state index is 0.124. The number of carbonyl (C=O) groups is 1. The molecule has 1 unspecified atom stereocenters. The normalized spacial score (nSPS) is 12.9. The van der Waals surface area contributed by atoms with Gasteiger partial charge in [0.25, 0.3) is 0 Å². The fraction of sp³-hybridized carbons (Fsp3) is 0.211. The van der Waals surface area contributed by atoms with Crippen LogP contribution >= 0.6 is 0 Å². The van der Waals surface area contributed by atoms with Crippen molar-refractivity contribution in [2.45, 2.75) is 25.2 Å². The van der Waals surface area contributed by atoms with Gasteiger partial charge in [0.1, 0.15) is 0 Å². The highest BCUT2D eigenvalue weighted by atomic mass is 19.4. The number of nitrogens with one attached hydrogen (secondary N) is 2. The Bertz CT molecular complexity index is 900. The van der Waals surface area contributed by atoms with Crippen LogP contribution in [-0.2, 0) is 23.9 Å². The molecule has 0 radical (unpaired) electrons. The monoisotopic (exact) mass is 361 g/mol. The average molecular weight is 361 g/mol. The van der Waals surface area contributed by atoms with Gasteiger partial charge in [-0.1, -0.05) is 30.3 Å². The third kappa shape index (κ3) is 4.05. The van der Waals surface area contributed by atoms with Gasteiger partial charge in [0.05, 0.1) is 11.6 Å². The van der Waals surface area contributed by atoms with Crippen LogP contribution in [0.2, 0.25) is 0 Å². The Kier molecular flexibility index (Phi) is 4.99. The molecular formula is C19H18F3N3O. The lowest BCUT2D eigenvalue weighted by atomic mass is 10.0. The second-order valence-corrected chi connectivity index (χ2v) is 6.08. The Morgan fingerprint density at radius 1 is 1.12 bits per heavy atom. The van der Waals surface area contributed by atoms with E-state index in [1.807, 2.05) is 30.5 Å². The molecule has 1 aromatic heterocycles. The minimum atomic E-state index is -4.37. The molecular weight excluding hydrogens is 343 g/mol. The Morgan fingerprint density at radius 2 is 1.81 bits per heavy atom. The van der Waals surface area contributed by atoms with Gasteiger partial charge in [-0.3, -0.25) is 4.79 Å². The Morgan fingerprint density at radius 3 is 2.50 bits per heavy atom. The van der Waals surface area contributed by atoms with Gasteiger partial charge in [-0.25, -0.2) is 0 Å². The van der Waals surface area contributed by atoms with Gasteiger partial charge in [-0.15, -0.1) is 0 Å². The molecule has 0 aliphatic rings. The van der Waals surface area contributed by atoms with Crippen molar-refractivity contribution in [2.75, 3.05) is 0 Å². The van der Waals surface area contributed by atoms with E-state index in [1.54, 1.807) is 0 Å². The molecule has 7 heteroatoms. The maximum absolute atomic E-state index is 12.5. The number of para-hydroxylation sites is 1. The molecule has 1 amide bonds. The smallest absolute Gasteiger partial charge is 0.361 e. The standard InChI is InChI=1S/C19H18F3N3O/c20-19(21,22)14-7-5-12(6-8-14)10-25-18(26)16(23)9-13-11-24-17-4-2-1-3-15(13)17/h1-8,11,16,24H,9-10,23H2,(H,25,26). The molecule has 0 saturated carbocycles. The van der Waals surface area contributed by atoms with Gasteiger partial charge in [0, 0.05) is 23.6 Å². The van der Waals surface area contributed by atoms with E-state index in [-0.39, 0.29) is 12.5 Å². The first kappa shape index (κ1) is 18.0. The molecule has 3 aromatic rings. The first-order valence-electron chi connectivity index (χ1n) is 8.09. The highest BCUT2D eigenvalue weighted by molar-refractivity contribution is 5.86. The highest BCUT2D eigenvalue weighted by Crippen LogP contribution is 2.29. The number of aromatic nitrogens is 1.